The standard InChI is InChI=1S/C16H14ClF3N2O4.C16H17F5N2O2S/c1-8(2)26-14(24)10-6-9(4-5-11(10)17)22-13(23)7-12(16(18,19)20)21(3)15(22)25;1-7(2)6-8-9(15(24)25-3)11(13(17)18)23-12(16(19,20)21)10(8)14-22-4-5-26-14/h4-8H,1-3H3;7,13H,4-6H2,1-3H3. The molecule has 0 atom stereocenters. The zero-order valence-electron chi connectivity index (χ0n) is 28.2. The predicted molar refractivity (Wildman–Crippen MR) is 176 cm³/mol. The SMILES string of the molecule is CC(C)OC(=O)c1cc(-n2c(=O)cc(C(F)(F)F)n(C)c2=O)ccc1Cl.COC(=O)c1c(C(F)F)nc(C(F)(F)F)c(C2=NCCS2)c1CC(C)C. The molecule has 0 saturated carbocycles. The predicted octanol–water partition coefficient (Wildman–Crippen LogP) is 7.29. The number of halogens is 9. The summed E-state index contributed by atoms with van der Waals surface area (Å²) in [5.41, 5.74) is -7.79. The topological polar surface area (TPSA) is 122 Å². The van der Waals surface area contributed by atoms with Crippen LogP contribution in [0.25, 0.3) is 5.69 Å². The molecular weight excluding hydrogens is 756 g/mol. The molecule has 20 heteroatoms. The minimum Gasteiger partial charge on any atom is -0.465 e. The normalized spacial score (nSPS) is 13.3. The molecule has 0 amide bonds. The molecular formula is C32H31ClF8N4O6S. The molecule has 52 heavy (non-hydrogen) atoms. The van der Waals surface area contributed by atoms with Gasteiger partial charge in [-0.1, -0.05) is 25.4 Å². The fraction of sp³-hybridized carbons (Fsp3) is 0.438. The first-order chi connectivity index (χ1) is 24.0. The highest BCUT2D eigenvalue weighted by molar-refractivity contribution is 8.14. The van der Waals surface area contributed by atoms with Gasteiger partial charge in [0, 0.05) is 31.0 Å². The van der Waals surface area contributed by atoms with E-state index in [0.717, 1.165) is 32.0 Å². The second-order valence-electron chi connectivity index (χ2n) is 11.7. The summed E-state index contributed by atoms with van der Waals surface area (Å²) >= 11 is 7.02. The van der Waals surface area contributed by atoms with Crippen LogP contribution in [-0.2, 0) is 35.3 Å². The van der Waals surface area contributed by atoms with E-state index in [0.29, 0.717) is 27.5 Å². The summed E-state index contributed by atoms with van der Waals surface area (Å²) in [6.07, 6.45) is -13.7. The summed E-state index contributed by atoms with van der Waals surface area (Å²) in [6.45, 7) is 6.97. The lowest BCUT2D eigenvalue weighted by Gasteiger charge is -2.22. The average Bonchev–Trinajstić information content (AvgIpc) is 3.56. The van der Waals surface area contributed by atoms with E-state index in [1.54, 1.807) is 27.7 Å². The third kappa shape index (κ3) is 9.58. The van der Waals surface area contributed by atoms with Gasteiger partial charge in [0.15, 0.2) is 5.69 Å². The number of benzene rings is 1. The van der Waals surface area contributed by atoms with Crippen LogP contribution in [0, 0.1) is 5.92 Å². The molecule has 0 aliphatic carbocycles. The fourth-order valence-electron chi connectivity index (χ4n) is 4.90. The van der Waals surface area contributed by atoms with Gasteiger partial charge in [0.2, 0.25) is 0 Å². The number of methoxy groups -OCH3 is 1. The number of rotatable bonds is 8. The van der Waals surface area contributed by atoms with E-state index in [-0.39, 0.29) is 39.2 Å². The molecule has 1 aromatic carbocycles. The van der Waals surface area contributed by atoms with Crippen molar-refractivity contribution in [2.45, 2.75) is 59.0 Å². The van der Waals surface area contributed by atoms with Gasteiger partial charge < -0.3 is 9.47 Å². The van der Waals surface area contributed by atoms with Gasteiger partial charge >= 0.3 is 30.0 Å². The lowest BCUT2D eigenvalue weighted by molar-refractivity contribution is -0.144. The van der Waals surface area contributed by atoms with E-state index in [1.165, 1.54) is 12.1 Å². The van der Waals surface area contributed by atoms with Gasteiger partial charge in [-0.2, -0.15) is 26.3 Å². The molecule has 2 aromatic heterocycles. The van der Waals surface area contributed by atoms with Gasteiger partial charge in [0.1, 0.15) is 16.4 Å². The number of esters is 2. The number of carbonyl (C=O) groups is 2. The first-order valence-corrected chi connectivity index (χ1v) is 16.5. The maximum absolute atomic E-state index is 13.6. The van der Waals surface area contributed by atoms with Crippen molar-refractivity contribution in [1.29, 1.82) is 0 Å². The number of ether oxygens (including phenoxy) is 2. The Kier molecular flexibility index (Phi) is 13.5. The Balaban J connectivity index is 0.000000280. The van der Waals surface area contributed by atoms with E-state index in [4.69, 9.17) is 16.3 Å². The number of nitrogens with zero attached hydrogens (tertiary/aromatic N) is 4. The number of pyridine rings is 1. The number of thioether (sulfide) groups is 1. The van der Waals surface area contributed by atoms with Crippen molar-refractivity contribution in [3.8, 4) is 5.69 Å². The molecule has 3 aromatic rings. The summed E-state index contributed by atoms with van der Waals surface area (Å²) in [6, 6.07) is 3.91. The fourth-order valence-corrected chi connectivity index (χ4v) is 6.02. The summed E-state index contributed by atoms with van der Waals surface area (Å²) in [4.78, 5) is 55.8. The third-order valence-electron chi connectivity index (χ3n) is 6.99. The summed E-state index contributed by atoms with van der Waals surface area (Å²) in [5, 5.41) is 0.0719. The van der Waals surface area contributed by atoms with Crippen LogP contribution in [-0.4, -0.2) is 56.6 Å². The monoisotopic (exact) mass is 786 g/mol. The van der Waals surface area contributed by atoms with Gasteiger partial charge in [0.25, 0.3) is 12.0 Å². The summed E-state index contributed by atoms with van der Waals surface area (Å²) < 4.78 is 117. The van der Waals surface area contributed by atoms with Gasteiger partial charge in [-0.05, 0) is 49.9 Å². The zero-order valence-corrected chi connectivity index (χ0v) is 29.8. The van der Waals surface area contributed by atoms with Crippen molar-refractivity contribution in [3.05, 3.63) is 89.5 Å². The lowest BCUT2D eigenvalue weighted by Crippen LogP contribution is -2.40. The summed E-state index contributed by atoms with van der Waals surface area (Å²) in [5.74, 6) is -1.65. The second kappa shape index (κ2) is 16.6. The molecule has 284 valence electrons. The Labute approximate surface area is 299 Å². The van der Waals surface area contributed by atoms with Crippen LogP contribution in [0.15, 0.2) is 38.8 Å². The Morgan fingerprint density at radius 2 is 1.63 bits per heavy atom. The van der Waals surface area contributed by atoms with Gasteiger partial charge in [-0.15, -0.1) is 11.8 Å². The minimum absolute atomic E-state index is 0.0104. The van der Waals surface area contributed by atoms with Gasteiger partial charge in [0.05, 0.1) is 35.1 Å². The van der Waals surface area contributed by atoms with Crippen molar-refractivity contribution in [1.82, 2.24) is 14.1 Å². The molecule has 0 fully saturated rings. The van der Waals surface area contributed by atoms with Crippen LogP contribution in [0.2, 0.25) is 5.02 Å². The first-order valence-electron chi connectivity index (χ1n) is 15.1. The highest BCUT2D eigenvalue weighted by Gasteiger charge is 2.42. The second-order valence-corrected chi connectivity index (χ2v) is 13.1. The minimum atomic E-state index is -4.97. The van der Waals surface area contributed by atoms with Crippen molar-refractivity contribution < 1.29 is 54.2 Å². The van der Waals surface area contributed by atoms with Crippen LogP contribution in [0.4, 0.5) is 35.1 Å². The molecule has 10 nitrogen and oxygen atoms in total. The van der Waals surface area contributed by atoms with Crippen molar-refractivity contribution in [3.63, 3.8) is 0 Å². The Bertz CT molecular complexity index is 1990. The first kappa shape index (κ1) is 42.2. The van der Waals surface area contributed by atoms with Crippen LogP contribution < -0.4 is 11.2 Å². The quantitative estimate of drug-likeness (QED) is 0.173. The molecule has 1 aliphatic heterocycles. The third-order valence-corrected chi connectivity index (χ3v) is 8.31. The van der Waals surface area contributed by atoms with Crippen LogP contribution >= 0.6 is 23.4 Å². The Morgan fingerprint density at radius 3 is 2.12 bits per heavy atom. The number of hydrogen-bond acceptors (Lipinski definition) is 9. The number of alkyl halides is 8. The molecule has 4 rings (SSSR count). The number of hydrogen-bond donors (Lipinski definition) is 0. The molecule has 0 saturated heterocycles. The Morgan fingerprint density at radius 1 is 1.00 bits per heavy atom. The zero-order chi connectivity index (χ0) is 39.5. The average molecular weight is 787 g/mol. The highest BCUT2D eigenvalue weighted by Crippen LogP contribution is 2.40. The maximum atomic E-state index is 13.6. The molecule has 0 N–H and O–H groups in total. The highest BCUT2D eigenvalue weighted by atomic mass is 35.5. The van der Waals surface area contributed by atoms with E-state index < -0.39 is 76.3 Å². The molecule has 1 aliphatic rings. The van der Waals surface area contributed by atoms with Gasteiger partial charge in [-0.25, -0.2) is 32.7 Å². The van der Waals surface area contributed by atoms with Gasteiger partial charge in [-0.3, -0.25) is 14.4 Å². The van der Waals surface area contributed by atoms with E-state index in [1.807, 2.05) is 0 Å². The van der Waals surface area contributed by atoms with Crippen molar-refractivity contribution in [2.24, 2.45) is 18.0 Å². The molecule has 0 bridgehead atoms. The molecule has 0 radical (unpaired) electrons. The summed E-state index contributed by atoms with van der Waals surface area (Å²) in [7, 11) is 1.88. The maximum Gasteiger partial charge on any atom is 0.434 e. The van der Waals surface area contributed by atoms with E-state index in [2.05, 4.69) is 14.7 Å². The molecule has 0 unspecified atom stereocenters. The van der Waals surface area contributed by atoms with E-state index in [9.17, 15) is 54.3 Å². The van der Waals surface area contributed by atoms with Crippen LogP contribution in [0.1, 0.15) is 83.0 Å². The largest absolute Gasteiger partial charge is 0.465 e. The van der Waals surface area contributed by atoms with Crippen molar-refractivity contribution in [2.75, 3.05) is 19.4 Å². The number of aliphatic imine (C=N–C) groups is 1. The molecule has 0 spiro atoms. The Hall–Kier alpha value is -4.26. The van der Waals surface area contributed by atoms with Crippen LogP contribution in [0.5, 0.6) is 0 Å². The van der Waals surface area contributed by atoms with E-state index >= 15 is 0 Å². The lowest BCUT2D eigenvalue weighted by atomic mass is 9.91. The smallest absolute Gasteiger partial charge is 0.434 e. The van der Waals surface area contributed by atoms with Crippen LogP contribution in [0.3, 0.4) is 0 Å². The number of carbonyl (C=O) groups excluding carboxylic acids is 2. The van der Waals surface area contributed by atoms with Crippen molar-refractivity contribution >= 4 is 40.3 Å². The molecule has 3 heterocycles. The number of aromatic nitrogens is 3.